The SMILES string of the molecule is O=C(Oc1c(Br)cc(Br)cc1C=NNC(=O)c1[nH]c2ccc(F)cc2c1-c1ccccc1Cl)c1ccc2c(c1)OCO2. The van der Waals surface area contributed by atoms with Gasteiger partial charge in [0.2, 0.25) is 6.79 Å². The minimum Gasteiger partial charge on any atom is -0.454 e. The van der Waals surface area contributed by atoms with Gasteiger partial charge in [0.15, 0.2) is 17.2 Å². The topological polar surface area (TPSA) is 102 Å². The number of nitrogens with one attached hydrogen (secondary N) is 2. The summed E-state index contributed by atoms with van der Waals surface area (Å²) in [6.07, 6.45) is 1.34. The fourth-order valence-electron chi connectivity index (χ4n) is 4.45. The van der Waals surface area contributed by atoms with Gasteiger partial charge in [-0.2, -0.15) is 5.10 Å². The number of halogens is 4. The number of hydrogen-bond donors (Lipinski definition) is 2. The van der Waals surface area contributed by atoms with E-state index in [0.29, 0.717) is 53.1 Å². The van der Waals surface area contributed by atoms with Crippen molar-refractivity contribution < 1.29 is 28.2 Å². The van der Waals surface area contributed by atoms with Crippen LogP contribution in [0, 0.1) is 5.82 Å². The molecule has 12 heteroatoms. The first-order valence-electron chi connectivity index (χ1n) is 12.3. The third kappa shape index (κ3) is 5.50. The van der Waals surface area contributed by atoms with E-state index in [1.807, 2.05) is 0 Å². The zero-order valence-corrected chi connectivity index (χ0v) is 25.1. The van der Waals surface area contributed by atoms with Crippen LogP contribution in [0.5, 0.6) is 17.2 Å². The number of rotatable bonds is 6. The molecule has 0 bridgehead atoms. The Hall–Kier alpha value is -4.19. The Morgan fingerprint density at radius 2 is 1.83 bits per heavy atom. The standard InChI is InChI=1S/C30H17Br2ClFN3O5/c31-17-9-16(28(21(32)11-17)42-30(39)15-5-8-24-25(10-15)41-14-40-24)13-35-37-29(38)27-26(19-3-1-2-4-22(19)33)20-12-18(34)6-7-23(20)36-27/h1-13,36H,14H2,(H,37,38). The van der Waals surface area contributed by atoms with Crippen molar-refractivity contribution in [2.75, 3.05) is 6.79 Å². The van der Waals surface area contributed by atoms with Crippen LogP contribution in [0.25, 0.3) is 22.0 Å². The summed E-state index contributed by atoms with van der Waals surface area (Å²) in [6.45, 7) is 0.0771. The second kappa shape index (κ2) is 11.6. The molecule has 6 rings (SSSR count). The maximum atomic E-state index is 14.2. The number of H-pyrrole nitrogens is 1. The van der Waals surface area contributed by atoms with E-state index in [-0.39, 0.29) is 23.8 Å². The minimum absolute atomic E-state index is 0.0771. The maximum absolute atomic E-state index is 14.2. The van der Waals surface area contributed by atoms with E-state index in [1.54, 1.807) is 54.6 Å². The molecule has 1 aliphatic heterocycles. The van der Waals surface area contributed by atoms with E-state index in [1.165, 1.54) is 24.4 Å². The average Bonchev–Trinajstić information content (AvgIpc) is 3.59. The van der Waals surface area contributed by atoms with E-state index in [0.717, 1.165) is 0 Å². The molecule has 5 aromatic rings. The molecule has 1 aromatic heterocycles. The van der Waals surface area contributed by atoms with Crippen molar-refractivity contribution in [2.45, 2.75) is 0 Å². The second-order valence-corrected chi connectivity index (χ2v) is 11.2. The highest BCUT2D eigenvalue weighted by atomic mass is 79.9. The van der Waals surface area contributed by atoms with Crippen LogP contribution >= 0.6 is 43.5 Å². The number of nitrogens with zero attached hydrogens (tertiary/aromatic N) is 1. The summed E-state index contributed by atoms with van der Waals surface area (Å²) >= 11 is 13.3. The molecule has 0 unspecified atom stereocenters. The zero-order valence-electron chi connectivity index (χ0n) is 21.2. The number of hydrogen-bond acceptors (Lipinski definition) is 6. The van der Waals surface area contributed by atoms with Gasteiger partial charge in [0.1, 0.15) is 11.5 Å². The molecule has 0 atom stereocenters. The number of amides is 1. The second-order valence-electron chi connectivity index (χ2n) is 9.01. The zero-order chi connectivity index (χ0) is 29.4. The van der Waals surface area contributed by atoms with Crippen LogP contribution in [0.15, 0.2) is 86.8 Å². The summed E-state index contributed by atoms with van der Waals surface area (Å²) < 4.78 is 31.6. The lowest BCUT2D eigenvalue weighted by molar-refractivity contribution is 0.0732. The normalized spacial score (nSPS) is 12.2. The number of esters is 1. The molecule has 1 aliphatic rings. The Morgan fingerprint density at radius 3 is 2.67 bits per heavy atom. The smallest absolute Gasteiger partial charge is 0.343 e. The Balaban J connectivity index is 1.29. The predicted octanol–water partition coefficient (Wildman–Crippen LogP) is 7.86. The molecule has 42 heavy (non-hydrogen) atoms. The van der Waals surface area contributed by atoms with Gasteiger partial charge < -0.3 is 19.2 Å². The average molecular weight is 714 g/mol. The molecule has 0 spiro atoms. The quantitative estimate of drug-likeness (QED) is 0.0808. The minimum atomic E-state index is -0.635. The Bertz CT molecular complexity index is 1930. The van der Waals surface area contributed by atoms with Crippen molar-refractivity contribution in [1.82, 2.24) is 10.4 Å². The van der Waals surface area contributed by atoms with E-state index in [2.05, 4.69) is 47.4 Å². The Kier molecular flexibility index (Phi) is 7.72. The molecule has 0 fully saturated rings. The summed E-state index contributed by atoms with van der Waals surface area (Å²) in [4.78, 5) is 29.4. The van der Waals surface area contributed by atoms with E-state index >= 15 is 0 Å². The number of carbonyl (C=O) groups excluding carboxylic acids is 2. The maximum Gasteiger partial charge on any atom is 0.343 e. The fraction of sp³-hybridized carbons (Fsp3) is 0.0333. The molecule has 2 N–H and O–H groups in total. The van der Waals surface area contributed by atoms with Crippen molar-refractivity contribution in [3.05, 3.63) is 109 Å². The van der Waals surface area contributed by atoms with Gasteiger partial charge in [-0.15, -0.1) is 0 Å². The molecule has 2 heterocycles. The lowest BCUT2D eigenvalue weighted by Gasteiger charge is -2.11. The van der Waals surface area contributed by atoms with Crippen LogP contribution in [-0.4, -0.2) is 29.9 Å². The van der Waals surface area contributed by atoms with Gasteiger partial charge in [-0.3, -0.25) is 4.79 Å². The van der Waals surface area contributed by atoms with Crippen molar-refractivity contribution in [3.8, 4) is 28.4 Å². The lowest BCUT2D eigenvalue weighted by Crippen LogP contribution is -2.19. The van der Waals surface area contributed by atoms with Crippen LogP contribution in [0.4, 0.5) is 4.39 Å². The Labute approximate surface area is 259 Å². The van der Waals surface area contributed by atoms with E-state index < -0.39 is 17.7 Å². The summed E-state index contributed by atoms with van der Waals surface area (Å²) in [5, 5.41) is 5.00. The van der Waals surface area contributed by atoms with Crippen LogP contribution in [0.2, 0.25) is 5.02 Å². The highest BCUT2D eigenvalue weighted by Gasteiger charge is 2.22. The summed E-state index contributed by atoms with van der Waals surface area (Å²) in [5.41, 5.74) is 4.82. The molecule has 8 nitrogen and oxygen atoms in total. The first-order chi connectivity index (χ1) is 20.3. The van der Waals surface area contributed by atoms with Crippen LogP contribution in [-0.2, 0) is 0 Å². The first-order valence-corrected chi connectivity index (χ1v) is 14.3. The van der Waals surface area contributed by atoms with Gasteiger partial charge in [-0.25, -0.2) is 14.6 Å². The fourth-order valence-corrected chi connectivity index (χ4v) is 6.02. The van der Waals surface area contributed by atoms with Crippen LogP contribution in [0.3, 0.4) is 0 Å². The van der Waals surface area contributed by atoms with E-state index in [9.17, 15) is 14.0 Å². The van der Waals surface area contributed by atoms with Crippen molar-refractivity contribution in [3.63, 3.8) is 0 Å². The summed E-state index contributed by atoms with van der Waals surface area (Å²) in [5.74, 6) is -0.521. The number of carbonyl (C=O) groups is 2. The van der Waals surface area contributed by atoms with Gasteiger partial charge in [-0.1, -0.05) is 45.7 Å². The van der Waals surface area contributed by atoms with E-state index in [4.69, 9.17) is 25.8 Å². The molecule has 0 radical (unpaired) electrons. The number of ether oxygens (including phenoxy) is 3. The Morgan fingerprint density at radius 1 is 1.02 bits per heavy atom. The van der Waals surface area contributed by atoms with Crippen molar-refractivity contribution in [1.29, 1.82) is 0 Å². The number of aromatic amines is 1. The number of fused-ring (bicyclic) bond motifs is 2. The third-order valence-electron chi connectivity index (χ3n) is 6.34. The largest absolute Gasteiger partial charge is 0.454 e. The predicted molar refractivity (Wildman–Crippen MR) is 163 cm³/mol. The number of hydrazone groups is 1. The van der Waals surface area contributed by atoms with Crippen LogP contribution in [0.1, 0.15) is 26.4 Å². The molecule has 210 valence electrons. The van der Waals surface area contributed by atoms with Gasteiger partial charge in [0.05, 0.1) is 16.3 Å². The number of benzene rings is 4. The molecular formula is C30H17Br2ClFN3O5. The molecule has 0 saturated heterocycles. The lowest BCUT2D eigenvalue weighted by atomic mass is 10.0. The monoisotopic (exact) mass is 711 g/mol. The third-order valence-corrected chi connectivity index (χ3v) is 7.72. The molecule has 0 aliphatic carbocycles. The summed E-state index contributed by atoms with van der Waals surface area (Å²) in [6, 6.07) is 19.3. The molecule has 1 amide bonds. The highest BCUT2D eigenvalue weighted by molar-refractivity contribution is 9.11. The van der Waals surface area contributed by atoms with Crippen LogP contribution < -0.4 is 19.6 Å². The first kappa shape index (κ1) is 28.0. The molecule has 0 saturated carbocycles. The van der Waals surface area contributed by atoms with Gasteiger partial charge >= 0.3 is 5.97 Å². The highest BCUT2D eigenvalue weighted by Crippen LogP contribution is 2.38. The van der Waals surface area contributed by atoms with Crippen molar-refractivity contribution >= 4 is 72.5 Å². The molecular weight excluding hydrogens is 697 g/mol. The number of aromatic nitrogens is 1. The summed E-state index contributed by atoms with van der Waals surface area (Å²) in [7, 11) is 0. The van der Waals surface area contributed by atoms with Gasteiger partial charge in [0, 0.05) is 37.1 Å². The van der Waals surface area contributed by atoms with Gasteiger partial charge in [0.25, 0.3) is 5.91 Å². The van der Waals surface area contributed by atoms with Gasteiger partial charge in [-0.05, 0) is 70.5 Å². The van der Waals surface area contributed by atoms with Crippen molar-refractivity contribution in [2.24, 2.45) is 5.10 Å². The molecule has 4 aromatic carbocycles.